The van der Waals surface area contributed by atoms with E-state index < -0.39 is 0 Å². The van der Waals surface area contributed by atoms with Crippen LogP contribution in [0.4, 0.5) is 5.13 Å². The van der Waals surface area contributed by atoms with Crippen molar-refractivity contribution in [3.63, 3.8) is 0 Å². The molecule has 2 rings (SSSR count). The van der Waals surface area contributed by atoms with Crippen LogP contribution in [-0.4, -0.2) is 25.1 Å². The monoisotopic (exact) mass is 289 g/mol. The molecule has 0 radical (unpaired) electrons. The van der Waals surface area contributed by atoms with E-state index in [0.29, 0.717) is 0 Å². The van der Waals surface area contributed by atoms with Crippen molar-refractivity contribution in [2.24, 2.45) is 0 Å². The van der Waals surface area contributed by atoms with E-state index in [1.54, 1.807) is 11.3 Å². The maximum atomic E-state index is 4.68. The Bertz CT molecular complexity index is 522. The smallest absolute Gasteiger partial charge is 0.185 e. The van der Waals surface area contributed by atoms with Gasteiger partial charge in [0.05, 0.1) is 5.69 Å². The van der Waals surface area contributed by atoms with Crippen LogP contribution in [0, 0.1) is 6.92 Å². The van der Waals surface area contributed by atoms with E-state index in [9.17, 15) is 0 Å². The van der Waals surface area contributed by atoms with Crippen LogP contribution < -0.4 is 10.2 Å². The normalized spacial score (nSPS) is 10.8. The Morgan fingerprint density at radius 2 is 2.00 bits per heavy atom. The number of anilines is 1. The van der Waals surface area contributed by atoms with Gasteiger partial charge in [0.25, 0.3) is 0 Å². The Morgan fingerprint density at radius 1 is 1.25 bits per heavy atom. The van der Waals surface area contributed by atoms with E-state index in [1.807, 2.05) is 0 Å². The second-order valence-corrected chi connectivity index (χ2v) is 6.00. The molecule has 0 unspecified atom stereocenters. The Kier molecular flexibility index (Phi) is 5.56. The van der Waals surface area contributed by atoms with Gasteiger partial charge in [-0.05, 0) is 25.5 Å². The molecule has 0 bridgehead atoms. The number of rotatable bonds is 7. The van der Waals surface area contributed by atoms with E-state index in [-0.39, 0.29) is 0 Å². The van der Waals surface area contributed by atoms with Gasteiger partial charge in [0.1, 0.15) is 0 Å². The first-order chi connectivity index (χ1) is 9.70. The molecule has 2 aromatic rings. The number of hydrogen-bond acceptors (Lipinski definition) is 4. The maximum Gasteiger partial charge on any atom is 0.185 e. The minimum absolute atomic E-state index is 0.923. The number of nitrogens with one attached hydrogen (secondary N) is 1. The molecule has 0 amide bonds. The number of aromatic nitrogens is 1. The Balaban J connectivity index is 1.93. The van der Waals surface area contributed by atoms with Crippen LogP contribution in [0.1, 0.15) is 23.1 Å². The van der Waals surface area contributed by atoms with Crippen LogP contribution in [0.2, 0.25) is 0 Å². The molecule has 1 heterocycles. The van der Waals surface area contributed by atoms with Crippen LogP contribution in [-0.2, 0) is 13.0 Å². The van der Waals surface area contributed by atoms with Gasteiger partial charge in [0, 0.05) is 25.0 Å². The molecule has 0 atom stereocenters. The lowest BCUT2D eigenvalue weighted by Gasteiger charge is -2.15. The first-order valence-electron chi connectivity index (χ1n) is 7.12. The molecule has 1 aromatic carbocycles. The zero-order chi connectivity index (χ0) is 14.4. The number of nitrogens with zero attached hydrogens (tertiary/aromatic N) is 2. The van der Waals surface area contributed by atoms with Gasteiger partial charge < -0.3 is 10.2 Å². The van der Waals surface area contributed by atoms with E-state index in [4.69, 9.17) is 0 Å². The zero-order valence-corrected chi connectivity index (χ0v) is 13.3. The summed E-state index contributed by atoms with van der Waals surface area (Å²) < 4.78 is 0. The molecule has 1 N–H and O–H groups in total. The number of aryl methyl sites for hydroxylation is 1. The van der Waals surface area contributed by atoms with Gasteiger partial charge in [-0.3, -0.25) is 0 Å². The number of hydrogen-bond donors (Lipinski definition) is 1. The molecule has 0 saturated heterocycles. The van der Waals surface area contributed by atoms with E-state index in [1.165, 1.54) is 10.4 Å². The fraction of sp³-hybridized carbons (Fsp3) is 0.438. The SMILES string of the molecule is CCNCc1sc(N(C)CCc2ccccc2)nc1C. The highest BCUT2D eigenvalue weighted by molar-refractivity contribution is 7.15. The van der Waals surface area contributed by atoms with Gasteiger partial charge in [0.2, 0.25) is 0 Å². The summed E-state index contributed by atoms with van der Waals surface area (Å²) in [4.78, 5) is 8.27. The Hall–Kier alpha value is -1.39. The molecule has 3 nitrogen and oxygen atoms in total. The van der Waals surface area contributed by atoms with Gasteiger partial charge in [-0.15, -0.1) is 11.3 Å². The minimum atomic E-state index is 0.923. The van der Waals surface area contributed by atoms with E-state index in [2.05, 4.69) is 66.4 Å². The molecule has 0 fully saturated rings. The van der Waals surface area contributed by atoms with Crippen LogP contribution >= 0.6 is 11.3 Å². The molecule has 0 spiro atoms. The molecule has 20 heavy (non-hydrogen) atoms. The molecule has 0 aliphatic rings. The highest BCUT2D eigenvalue weighted by Gasteiger charge is 2.10. The zero-order valence-electron chi connectivity index (χ0n) is 12.5. The van der Waals surface area contributed by atoms with Crippen molar-refractivity contribution in [1.29, 1.82) is 0 Å². The molecular formula is C16H23N3S. The molecule has 1 aromatic heterocycles. The number of likely N-dealkylation sites (N-methyl/N-ethyl adjacent to an activating group) is 1. The summed E-state index contributed by atoms with van der Waals surface area (Å²) in [6.45, 7) is 7.14. The lowest BCUT2D eigenvalue weighted by Crippen LogP contribution is -2.20. The van der Waals surface area contributed by atoms with E-state index >= 15 is 0 Å². The highest BCUT2D eigenvalue weighted by atomic mass is 32.1. The second kappa shape index (κ2) is 7.41. The minimum Gasteiger partial charge on any atom is -0.351 e. The summed E-state index contributed by atoms with van der Waals surface area (Å²) in [6, 6.07) is 10.6. The summed E-state index contributed by atoms with van der Waals surface area (Å²) in [6.07, 6.45) is 1.05. The molecule has 0 aliphatic carbocycles. The first kappa shape index (κ1) is 15.0. The summed E-state index contributed by atoms with van der Waals surface area (Å²) in [7, 11) is 2.12. The summed E-state index contributed by atoms with van der Waals surface area (Å²) in [5.41, 5.74) is 2.53. The molecule has 0 aliphatic heterocycles. The van der Waals surface area contributed by atoms with Crippen LogP contribution in [0.25, 0.3) is 0 Å². The van der Waals surface area contributed by atoms with Crippen molar-refractivity contribution < 1.29 is 0 Å². The van der Waals surface area contributed by atoms with Gasteiger partial charge in [-0.1, -0.05) is 37.3 Å². The molecule has 0 saturated carbocycles. The molecule has 108 valence electrons. The van der Waals surface area contributed by atoms with Crippen molar-refractivity contribution in [3.05, 3.63) is 46.5 Å². The average molecular weight is 289 g/mol. The largest absolute Gasteiger partial charge is 0.351 e. The van der Waals surface area contributed by atoms with Crippen LogP contribution in [0.3, 0.4) is 0 Å². The van der Waals surface area contributed by atoms with Crippen LogP contribution in [0.15, 0.2) is 30.3 Å². The van der Waals surface area contributed by atoms with Gasteiger partial charge in [-0.25, -0.2) is 4.98 Å². The average Bonchev–Trinajstić information content (AvgIpc) is 2.85. The summed E-state index contributed by atoms with van der Waals surface area (Å²) >= 11 is 1.80. The third kappa shape index (κ3) is 4.05. The first-order valence-corrected chi connectivity index (χ1v) is 7.94. The fourth-order valence-corrected chi connectivity index (χ4v) is 3.03. The second-order valence-electron chi connectivity index (χ2n) is 4.94. The summed E-state index contributed by atoms with van der Waals surface area (Å²) in [5.74, 6) is 0. The standard InChI is InChI=1S/C16H23N3S/c1-4-17-12-15-13(2)18-16(20-15)19(3)11-10-14-8-6-5-7-9-14/h5-9,17H,4,10-12H2,1-3H3. The highest BCUT2D eigenvalue weighted by Crippen LogP contribution is 2.25. The quantitative estimate of drug-likeness (QED) is 0.848. The third-order valence-corrected chi connectivity index (χ3v) is 4.59. The number of benzene rings is 1. The van der Waals surface area contributed by atoms with Crippen molar-refractivity contribution in [2.45, 2.75) is 26.8 Å². The maximum absolute atomic E-state index is 4.68. The molecular weight excluding hydrogens is 266 g/mol. The Labute approximate surface area is 125 Å². The van der Waals surface area contributed by atoms with Crippen molar-refractivity contribution >= 4 is 16.5 Å². The third-order valence-electron chi connectivity index (χ3n) is 3.32. The predicted molar refractivity (Wildman–Crippen MR) is 87.6 cm³/mol. The summed E-state index contributed by atoms with van der Waals surface area (Å²) in [5, 5.41) is 4.48. The fourth-order valence-electron chi connectivity index (χ4n) is 2.02. The lowest BCUT2D eigenvalue weighted by molar-refractivity contribution is 0.731. The Morgan fingerprint density at radius 3 is 2.70 bits per heavy atom. The molecule has 4 heteroatoms. The van der Waals surface area contributed by atoms with Crippen molar-refractivity contribution in [3.8, 4) is 0 Å². The van der Waals surface area contributed by atoms with E-state index in [0.717, 1.165) is 36.9 Å². The number of thiazole rings is 1. The van der Waals surface area contributed by atoms with Crippen molar-refractivity contribution in [2.75, 3.05) is 25.0 Å². The van der Waals surface area contributed by atoms with Gasteiger partial charge in [-0.2, -0.15) is 0 Å². The van der Waals surface area contributed by atoms with Gasteiger partial charge in [0.15, 0.2) is 5.13 Å². The van der Waals surface area contributed by atoms with Gasteiger partial charge >= 0.3 is 0 Å². The van der Waals surface area contributed by atoms with Crippen LogP contribution in [0.5, 0.6) is 0 Å². The van der Waals surface area contributed by atoms with Crippen molar-refractivity contribution in [1.82, 2.24) is 10.3 Å². The topological polar surface area (TPSA) is 28.2 Å². The lowest BCUT2D eigenvalue weighted by atomic mass is 10.1. The predicted octanol–water partition coefficient (Wildman–Crippen LogP) is 3.24.